The Morgan fingerprint density at radius 2 is 1.70 bits per heavy atom. The molecule has 6 nitrogen and oxygen atoms in total. The normalized spacial score (nSPS) is 17.8. The van der Waals surface area contributed by atoms with Gasteiger partial charge in [-0.2, -0.15) is 0 Å². The van der Waals surface area contributed by atoms with E-state index in [1.165, 1.54) is 0 Å². The quantitative estimate of drug-likeness (QED) is 0.729. The number of rotatable bonds is 6. The maximum absolute atomic E-state index is 11.5. The van der Waals surface area contributed by atoms with Gasteiger partial charge in [-0.15, -0.1) is 0 Å². The molecule has 1 amide bonds. The zero-order valence-corrected chi connectivity index (χ0v) is 12.9. The molecule has 116 valence electrons. The Morgan fingerprint density at radius 3 is 2.20 bits per heavy atom. The van der Waals surface area contributed by atoms with Gasteiger partial charge in [-0.05, 0) is 20.8 Å². The molecule has 0 bridgehead atoms. The van der Waals surface area contributed by atoms with Crippen molar-refractivity contribution >= 4 is 12.4 Å². The Kier molecular flexibility index (Phi) is 6.95. The number of ether oxygens (including phenoxy) is 1. The highest BCUT2D eigenvalue weighted by atomic mass is 16.6. The number of carbonyl (C=O) groups is 2. The summed E-state index contributed by atoms with van der Waals surface area (Å²) in [6.45, 7) is 11.8. The first-order valence-corrected chi connectivity index (χ1v) is 7.26. The summed E-state index contributed by atoms with van der Waals surface area (Å²) in [5, 5.41) is 2.77. The minimum atomic E-state index is -0.450. The molecule has 0 atom stereocenters. The molecule has 20 heavy (non-hydrogen) atoms. The molecule has 0 aromatic heterocycles. The molecular weight excluding hydrogens is 258 g/mol. The van der Waals surface area contributed by atoms with Gasteiger partial charge in [0.25, 0.3) is 0 Å². The van der Waals surface area contributed by atoms with Crippen LogP contribution in [-0.4, -0.2) is 73.6 Å². The molecule has 1 N–H and O–H groups in total. The lowest BCUT2D eigenvalue weighted by Crippen LogP contribution is -2.48. The zero-order valence-electron chi connectivity index (χ0n) is 12.9. The van der Waals surface area contributed by atoms with E-state index in [-0.39, 0.29) is 6.09 Å². The average molecular weight is 285 g/mol. The van der Waals surface area contributed by atoms with Crippen LogP contribution in [0.5, 0.6) is 0 Å². The van der Waals surface area contributed by atoms with Crippen LogP contribution in [0.25, 0.3) is 0 Å². The standard InChI is InChI=1S/C14H27N3O3/c1-14(2,3)20-13(19)15-5-7-17-10-8-16(9-11-17)6-4-12-18/h12H,4-11H2,1-3H3,(H,15,19). The van der Waals surface area contributed by atoms with Crippen molar-refractivity contribution in [3.63, 3.8) is 0 Å². The third-order valence-corrected chi connectivity index (χ3v) is 3.12. The lowest BCUT2D eigenvalue weighted by Gasteiger charge is -2.34. The molecule has 0 aromatic carbocycles. The topological polar surface area (TPSA) is 61.9 Å². The fourth-order valence-corrected chi connectivity index (χ4v) is 2.10. The van der Waals surface area contributed by atoms with Crippen molar-refractivity contribution in [2.24, 2.45) is 0 Å². The summed E-state index contributed by atoms with van der Waals surface area (Å²) < 4.78 is 5.18. The molecule has 1 aliphatic heterocycles. The van der Waals surface area contributed by atoms with E-state index in [2.05, 4.69) is 15.1 Å². The molecular formula is C14H27N3O3. The average Bonchev–Trinajstić information content (AvgIpc) is 2.35. The first-order valence-electron chi connectivity index (χ1n) is 7.26. The van der Waals surface area contributed by atoms with E-state index in [1.54, 1.807) is 0 Å². The monoisotopic (exact) mass is 285 g/mol. The summed E-state index contributed by atoms with van der Waals surface area (Å²) in [4.78, 5) is 26.4. The fraction of sp³-hybridized carbons (Fsp3) is 0.857. The van der Waals surface area contributed by atoms with Crippen LogP contribution in [0.2, 0.25) is 0 Å². The van der Waals surface area contributed by atoms with Gasteiger partial charge in [0, 0.05) is 52.2 Å². The molecule has 1 heterocycles. The van der Waals surface area contributed by atoms with E-state index < -0.39 is 5.60 Å². The van der Waals surface area contributed by atoms with Crippen molar-refractivity contribution in [3.8, 4) is 0 Å². The zero-order chi connectivity index (χ0) is 15.0. The van der Waals surface area contributed by atoms with Gasteiger partial charge in [-0.1, -0.05) is 0 Å². The SMILES string of the molecule is CC(C)(C)OC(=O)NCCN1CCN(CCC=O)CC1. The highest BCUT2D eigenvalue weighted by Crippen LogP contribution is 2.06. The number of hydrogen-bond acceptors (Lipinski definition) is 5. The number of nitrogens with zero attached hydrogens (tertiary/aromatic N) is 2. The summed E-state index contributed by atoms with van der Waals surface area (Å²) in [5.41, 5.74) is -0.450. The first-order chi connectivity index (χ1) is 9.40. The Morgan fingerprint density at radius 1 is 1.15 bits per heavy atom. The van der Waals surface area contributed by atoms with Gasteiger partial charge in [0.15, 0.2) is 0 Å². The largest absolute Gasteiger partial charge is 0.444 e. The number of piperazine rings is 1. The fourth-order valence-electron chi connectivity index (χ4n) is 2.10. The summed E-state index contributed by atoms with van der Waals surface area (Å²) in [5.74, 6) is 0. The van der Waals surface area contributed by atoms with Gasteiger partial charge >= 0.3 is 6.09 Å². The van der Waals surface area contributed by atoms with E-state index in [0.29, 0.717) is 13.0 Å². The van der Waals surface area contributed by atoms with Crippen molar-refractivity contribution in [1.82, 2.24) is 15.1 Å². The van der Waals surface area contributed by atoms with Crippen LogP contribution in [0, 0.1) is 0 Å². The maximum atomic E-state index is 11.5. The first kappa shape index (κ1) is 16.9. The van der Waals surface area contributed by atoms with Crippen molar-refractivity contribution in [2.45, 2.75) is 32.8 Å². The van der Waals surface area contributed by atoms with E-state index in [9.17, 15) is 9.59 Å². The lowest BCUT2D eigenvalue weighted by atomic mass is 10.2. The third kappa shape index (κ3) is 7.45. The number of amides is 1. The molecule has 1 rings (SSSR count). The minimum absolute atomic E-state index is 0.359. The van der Waals surface area contributed by atoms with Gasteiger partial charge in [0.05, 0.1) is 0 Å². The van der Waals surface area contributed by atoms with Crippen LogP contribution >= 0.6 is 0 Å². The molecule has 0 aromatic rings. The van der Waals surface area contributed by atoms with Gasteiger partial charge in [0.2, 0.25) is 0 Å². The van der Waals surface area contributed by atoms with E-state index in [4.69, 9.17) is 4.74 Å². The van der Waals surface area contributed by atoms with Crippen molar-refractivity contribution in [2.75, 3.05) is 45.8 Å². The summed E-state index contributed by atoms with van der Waals surface area (Å²) in [6, 6.07) is 0. The van der Waals surface area contributed by atoms with Crippen molar-refractivity contribution in [3.05, 3.63) is 0 Å². The van der Waals surface area contributed by atoms with Gasteiger partial charge in [0.1, 0.15) is 11.9 Å². The van der Waals surface area contributed by atoms with Gasteiger partial charge < -0.3 is 19.7 Å². The Hall–Kier alpha value is -1.14. The molecule has 1 saturated heterocycles. The second kappa shape index (κ2) is 8.21. The predicted molar refractivity (Wildman–Crippen MR) is 77.8 cm³/mol. The smallest absolute Gasteiger partial charge is 0.407 e. The maximum Gasteiger partial charge on any atom is 0.407 e. The summed E-state index contributed by atoms with van der Waals surface area (Å²) >= 11 is 0. The van der Waals surface area contributed by atoms with Crippen LogP contribution in [0.1, 0.15) is 27.2 Å². The van der Waals surface area contributed by atoms with Crippen molar-refractivity contribution in [1.29, 1.82) is 0 Å². The molecule has 0 spiro atoms. The van der Waals surface area contributed by atoms with Crippen LogP contribution < -0.4 is 5.32 Å². The Labute approximate surface area is 121 Å². The predicted octanol–water partition coefficient (Wildman–Crippen LogP) is 0.718. The van der Waals surface area contributed by atoms with Gasteiger partial charge in [-0.3, -0.25) is 4.90 Å². The number of carbonyl (C=O) groups excluding carboxylic acids is 2. The molecule has 0 saturated carbocycles. The van der Waals surface area contributed by atoms with Crippen LogP contribution in [0.3, 0.4) is 0 Å². The number of nitrogens with one attached hydrogen (secondary N) is 1. The van der Waals surface area contributed by atoms with E-state index >= 15 is 0 Å². The highest BCUT2D eigenvalue weighted by Gasteiger charge is 2.18. The molecule has 1 fully saturated rings. The van der Waals surface area contributed by atoms with E-state index in [0.717, 1.165) is 45.6 Å². The lowest BCUT2D eigenvalue weighted by molar-refractivity contribution is -0.108. The second-order valence-corrected chi connectivity index (χ2v) is 6.07. The second-order valence-electron chi connectivity index (χ2n) is 6.07. The summed E-state index contributed by atoms with van der Waals surface area (Å²) in [6.07, 6.45) is 1.22. The molecule has 0 aliphatic carbocycles. The van der Waals surface area contributed by atoms with Crippen LogP contribution in [-0.2, 0) is 9.53 Å². The Bertz CT molecular complexity index is 307. The van der Waals surface area contributed by atoms with Crippen molar-refractivity contribution < 1.29 is 14.3 Å². The number of alkyl carbamates (subject to hydrolysis) is 1. The minimum Gasteiger partial charge on any atom is -0.444 e. The molecule has 0 radical (unpaired) electrons. The van der Waals surface area contributed by atoms with Crippen LogP contribution in [0.4, 0.5) is 4.79 Å². The highest BCUT2D eigenvalue weighted by molar-refractivity contribution is 5.67. The van der Waals surface area contributed by atoms with Crippen LogP contribution in [0.15, 0.2) is 0 Å². The van der Waals surface area contributed by atoms with E-state index in [1.807, 2.05) is 20.8 Å². The molecule has 6 heteroatoms. The number of hydrogen-bond donors (Lipinski definition) is 1. The third-order valence-electron chi connectivity index (χ3n) is 3.12. The molecule has 0 unspecified atom stereocenters. The number of aldehydes is 1. The molecule has 1 aliphatic rings. The van der Waals surface area contributed by atoms with Gasteiger partial charge in [-0.25, -0.2) is 4.79 Å². The summed E-state index contributed by atoms with van der Waals surface area (Å²) in [7, 11) is 0. The Balaban J connectivity index is 2.09.